The lowest BCUT2D eigenvalue weighted by atomic mass is 9.83. The van der Waals surface area contributed by atoms with Crippen LogP contribution in [0.15, 0.2) is 71.4 Å². The number of ether oxygens (including phenoxy) is 7. The molecule has 6 N–H and O–H groups in total. The van der Waals surface area contributed by atoms with Crippen molar-refractivity contribution in [1.29, 1.82) is 0 Å². The Hall–Kier alpha value is -4.45. The van der Waals surface area contributed by atoms with Crippen molar-refractivity contribution in [3.8, 4) is 5.75 Å². The van der Waals surface area contributed by atoms with Gasteiger partial charge in [0, 0.05) is 37.4 Å². The van der Waals surface area contributed by atoms with Crippen molar-refractivity contribution in [3.63, 3.8) is 0 Å². The van der Waals surface area contributed by atoms with E-state index in [0.29, 0.717) is 5.57 Å². The molecule has 0 amide bonds. The monoisotopic (exact) mass is 704 g/mol. The highest BCUT2D eigenvalue weighted by Crippen LogP contribution is 2.49. The van der Waals surface area contributed by atoms with Crippen molar-refractivity contribution in [2.24, 2.45) is 17.8 Å². The Morgan fingerprint density at radius 1 is 1.06 bits per heavy atom. The Kier molecular flexibility index (Phi) is 11.5. The van der Waals surface area contributed by atoms with Crippen molar-refractivity contribution >= 4 is 17.9 Å². The fourth-order valence-corrected chi connectivity index (χ4v) is 6.67. The number of rotatable bonds is 11. The fourth-order valence-electron chi connectivity index (χ4n) is 6.67. The van der Waals surface area contributed by atoms with Crippen LogP contribution in [0.25, 0.3) is 0 Å². The van der Waals surface area contributed by atoms with Crippen LogP contribution >= 0.6 is 0 Å². The van der Waals surface area contributed by atoms with Crippen molar-refractivity contribution < 1.29 is 78.2 Å². The molecule has 11 atom stereocenters. The molecule has 0 unspecified atom stereocenters. The molecule has 1 saturated carbocycles. The Balaban J connectivity index is 1.35. The Morgan fingerprint density at radius 2 is 1.82 bits per heavy atom. The summed E-state index contributed by atoms with van der Waals surface area (Å²) in [6.07, 6.45) is -5.68. The van der Waals surface area contributed by atoms with Gasteiger partial charge in [-0.2, -0.15) is 0 Å². The van der Waals surface area contributed by atoms with Crippen LogP contribution in [0.5, 0.6) is 5.75 Å². The van der Waals surface area contributed by atoms with Crippen molar-refractivity contribution in [2.45, 2.75) is 69.0 Å². The molecule has 5 rings (SSSR count). The quantitative estimate of drug-likeness (QED) is 0.140. The van der Waals surface area contributed by atoms with E-state index in [1.807, 2.05) is 0 Å². The van der Waals surface area contributed by atoms with Crippen LogP contribution < -0.4 is 0 Å². The number of carbonyl (C=O) groups is 3. The number of allylic oxidation sites excluding steroid dienone is 2. The second-order valence-electron chi connectivity index (χ2n) is 12.3. The van der Waals surface area contributed by atoms with Crippen LogP contribution in [0.3, 0.4) is 0 Å². The summed E-state index contributed by atoms with van der Waals surface area (Å²) in [5.41, 5.74) is 0.537. The Labute approximate surface area is 286 Å². The molecule has 0 radical (unpaired) electrons. The summed E-state index contributed by atoms with van der Waals surface area (Å²) in [5, 5.41) is 61.3. The SMILES string of the molecule is COC1=C(O)[C@H](OC)CC(/C=C/C(=O)O[C@H]2[C@@H](O[C@@H]3OC=C(C(=O)O)[C@H]4C[C@@H](OC(=O)c5cccc(O)c5)[C@H](C)[C@@H]34)O[C@@H](CO)[C@@H](O)[C@@H]2O)=C1. The molecule has 16 heteroatoms. The first kappa shape index (κ1) is 36.8. The Morgan fingerprint density at radius 3 is 2.48 bits per heavy atom. The maximum atomic E-state index is 13.0. The summed E-state index contributed by atoms with van der Waals surface area (Å²) in [6, 6.07) is 5.57. The predicted octanol–water partition coefficient (Wildman–Crippen LogP) is 1.20. The molecular formula is C34H40O16. The average Bonchev–Trinajstić information content (AvgIpc) is 3.42. The lowest BCUT2D eigenvalue weighted by Gasteiger charge is -2.44. The van der Waals surface area contributed by atoms with Crippen LogP contribution in [0, 0.1) is 17.8 Å². The molecule has 2 aliphatic carbocycles. The third-order valence-corrected chi connectivity index (χ3v) is 9.35. The molecule has 2 heterocycles. The number of phenols is 1. The van der Waals surface area contributed by atoms with Gasteiger partial charge in [0.15, 0.2) is 17.6 Å². The largest absolute Gasteiger partial charge is 0.508 e. The number of phenolic OH excluding ortho intramolecular Hbond substituents is 1. The molecule has 0 spiro atoms. The first-order valence-electron chi connectivity index (χ1n) is 15.8. The van der Waals surface area contributed by atoms with E-state index < -0.39 is 91.5 Å². The summed E-state index contributed by atoms with van der Waals surface area (Å²) in [4.78, 5) is 38.1. The topological polar surface area (TPSA) is 237 Å². The van der Waals surface area contributed by atoms with Gasteiger partial charge in [0.2, 0.25) is 12.6 Å². The van der Waals surface area contributed by atoms with E-state index in [0.717, 1.165) is 12.3 Å². The van der Waals surface area contributed by atoms with Gasteiger partial charge in [-0.05, 0) is 36.3 Å². The number of methoxy groups -OCH3 is 2. The molecular weight excluding hydrogens is 664 g/mol. The Bertz CT molecular complexity index is 1560. The number of hydrogen-bond acceptors (Lipinski definition) is 15. The lowest BCUT2D eigenvalue weighted by Crippen LogP contribution is -2.61. The second kappa shape index (κ2) is 15.6. The van der Waals surface area contributed by atoms with Gasteiger partial charge in [-0.15, -0.1) is 0 Å². The number of fused-ring (bicyclic) bond motifs is 1. The van der Waals surface area contributed by atoms with Crippen LogP contribution in [0.4, 0.5) is 0 Å². The summed E-state index contributed by atoms with van der Waals surface area (Å²) in [5.74, 6) is -5.12. The van der Waals surface area contributed by atoms with Gasteiger partial charge in [0.25, 0.3) is 0 Å². The van der Waals surface area contributed by atoms with Crippen molar-refractivity contribution in [1.82, 2.24) is 0 Å². The normalized spacial score (nSPS) is 33.9. The highest BCUT2D eigenvalue weighted by Gasteiger charge is 2.55. The number of aliphatic hydroxyl groups is 4. The number of aliphatic hydroxyl groups excluding tert-OH is 4. The first-order chi connectivity index (χ1) is 23.9. The predicted molar refractivity (Wildman–Crippen MR) is 167 cm³/mol. The van der Waals surface area contributed by atoms with Gasteiger partial charge in [-0.3, -0.25) is 0 Å². The third kappa shape index (κ3) is 7.65. The first-order valence-corrected chi connectivity index (χ1v) is 15.8. The number of aliphatic carboxylic acids is 1. The van der Waals surface area contributed by atoms with Crippen LogP contribution in [-0.4, -0.2) is 119 Å². The summed E-state index contributed by atoms with van der Waals surface area (Å²) < 4.78 is 39.2. The number of carboxylic acid groups (broad SMARTS) is 1. The van der Waals surface area contributed by atoms with Gasteiger partial charge >= 0.3 is 17.9 Å². The number of benzene rings is 1. The molecule has 50 heavy (non-hydrogen) atoms. The number of carboxylic acids is 1. The number of esters is 2. The minimum atomic E-state index is -1.79. The molecule has 1 aromatic carbocycles. The summed E-state index contributed by atoms with van der Waals surface area (Å²) >= 11 is 0. The zero-order chi connectivity index (χ0) is 36.3. The maximum Gasteiger partial charge on any atom is 0.338 e. The molecule has 272 valence electrons. The number of carbonyl (C=O) groups excluding carboxylic acids is 2. The summed E-state index contributed by atoms with van der Waals surface area (Å²) in [6.45, 7) is 0.979. The second-order valence-corrected chi connectivity index (χ2v) is 12.3. The van der Waals surface area contributed by atoms with E-state index >= 15 is 0 Å². The van der Waals surface area contributed by atoms with E-state index in [4.69, 9.17) is 33.2 Å². The third-order valence-electron chi connectivity index (χ3n) is 9.35. The van der Waals surface area contributed by atoms with Gasteiger partial charge in [-0.1, -0.05) is 19.1 Å². The van der Waals surface area contributed by atoms with Crippen LogP contribution in [0.2, 0.25) is 0 Å². The highest BCUT2D eigenvalue weighted by molar-refractivity contribution is 5.90. The number of aromatic hydroxyl groups is 1. The standard InChI is InChI=1S/C34H40O16/c1-15-21(47-32(43)17-5-4-6-18(36)11-17)12-19-20(31(41)42)14-46-33(26(15)19)50-34-30(29(40)28(39)24(13-35)48-34)49-25(37)8-7-16-9-22(44-2)27(38)23(10-16)45-3/h4-9,11,14-15,19,21,23-24,26,28-30,33-36,38-40H,10,12-13H2,1-3H3,(H,41,42)/b8-7+/t15-,19+,21+,23+,24-,26+,28+,29-,30+,33-,34+/m0/s1. The van der Waals surface area contributed by atoms with Crippen molar-refractivity contribution in [2.75, 3.05) is 20.8 Å². The van der Waals surface area contributed by atoms with Crippen LogP contribution in [0.1, 0.15) is 30.1 Å². The van der Waals surface area contributed by atoms with E-state index in [2.05, 4.69) is 0 Å². The van der Waals surface area contributed by atoms with E-state index in [9.17, 15) is 45.0 Å². The minimum Gasteiger partial charge on any atom is -0.508 e. The van der Waals surface area contributed by atoms with E-state index in [1.165, 1.54) is 50.6 Å². The van der Waals surface area contributed by atoms with Gasteiger partial charge in [0.05, 0.1) is 31.1 Å². The van der Waals surface area contributed by atoms with Gasteiger partial charge in [0.1, 0.15) is 36.3 Å². The molecule has 4 aliphatic rings. The molecule has 0 aromatic heterocycles. The van der Waals surface area contributed by atoms with Gasteiger partial charge in [-0.25, -0.2) is 14.4 Å². The molecule has 0 bridgehead atoms. The maximum absolute atomic E-state index is 13.0. The van der Waals surface area contributed by atoms with Crippen molar-refractivity contribution in [3.05, 3.63) is 77.0 Å². The molecule has 2 aliphatic heterocycles. The molecule has 1 saturated heterocycles. The molecule has 16 nitrogen and oxygen atoms in total. The fraction of sp³-hybridized carbons (Fsp3) is 0.500. The minimum absolute atomic E-state index is 0.0879. The zero-order valence-electron chi connectivity index (χ0n) is 27.4. The van der Waals surface area contributed by atoms with Gasteiger partial charge < -0.3 is 63.8 Å². The van der Waals surface area contributed by atoms with Crippen LogP contribution in [-0.2, 0) is 42.7 Å². The van der Waals surface area contributed by atoms with E-state index in [1.54, 1.807) is 6.92 Å². The zero-order valence-corrected chi connectivity index (χ0v) is 27.4. The lowest BCUT2D eigenvalue weighted by molar-refractivity contribution is -0.343. The molecule has 2 fully saturated rings. The summed E-state index contributed by atoms with van der Waals surface area (Å²) in [7, 11) is 2.76. The smallest absolute Gasteiger partial charge is 0.338 e. The highest BCUT2D eigenvalue weighted by atomic mass is 16.8. The van der Waals surface area contributed by atoms with E-state index in [-0.39, 0.29) is 41.2 Å². The average molecular weight is 705 g/mol. The number of hydrogen-bond donors (Lipinski definition) is 6. The molecule has 1 aromatic rings.